The maximum atomic E-state index is 15.3. The number of rotatable bonds is 18. The van der Waals surface area contributed by atoms with E-state index in [9.17, 15) is 61.5 Å². The minimum atomic E-state index is -5.98. The monoisotopic (exact) mass is 2030 g/mol. The molecule has 0 aliphatic rings. The van der Waals surface area contributed by atoms with Gasteiger partial charge in [0.15, 0.2) is 34.9 Å². The molecule has 136 heavy (non-hydrogen) atoms. The van der Waals surface area contributed by atoms with Crippen molar-refractivity contribution in [3.63, 3.8) is 0 Å². The summed E-state index contributed by atoms with van der Waals surface area (Å²) in [5.74, 6) is 1.72. The molecule has 0 bridgehead atoms. The molecule has 0 saturated carbocycles. The van der Waals surface area contributed by atoms with Crippen LogP contribution < -0.4 is 4.74 Å². The molecule has 0 amide bonds. The maximum absolute atomic E-state index is 15.3. The third kappa shape index (κ3) is 20.1. The minimum Gasteiger partial charge on any atom is -0.457 e. The first-order valence-corrected chi connectivity index (χ1v) is 39.8. The highest BCUT2D eigenvalue weighted by Crippen LogP contribution is 2.60. The third-order valence-electron chi connectivity index (χ3n) is 21.6. The molecule has 12 aromatic carbocycles. The topological polar surface area (TPSA) is 132 Å². The molecule has 0 spiro atoms. The van der Waals surface area contributed by atoms with E-state index in [1.54, 1.807) is 66.9 Å². The average molecular weight is 2030 g/mol. The van der Waals surface area contributed by atoms with E-state index in [0.717, 1.165) is 131 Å². The van der Waals surface area contributed by atoms with Gasteiger partial charge >= 0.3 is 37.1 Å². The zero-order valence-electron chi connectivity index (χ0n) is 66.3. The standard InChI is InChI=1S/C48H30BrF13N6.C45H30BrF7N6O.8CH4/c1-27-3-11-32(12-4-27)43(45(51,52)53,46(54,55)56)33-15-7-30(8-16-33)41-65-66-42(68(41)39-23-19-36(49)20-24-39)31-9-17-35(18-10-31)44(47(57,58)59,48(60,61)62)34-13-5-29(6-14-34)40-64-63-28(2)67(40)38-25-21-37(50)22-26-38;1-27-3-11-32(12-4-27)43(44(48,49)50,45(51,52)53)33-13-5-29(6-14-33)41-56-57-42(59(41)37-21-17-35(47)18-22-37)31-9-25-39(26-10-31)60-38-23-7-30(8-24-38)40-55-54-28(2)58(40)36-19-15-34(46)16-20-36;;;;;;;;/h3-26H,1-2H3;3-26H,1-2H3;8*1H4. The number of halogens is 22. The zero-order chi connectivity index (χ0) is 91.6. The summed E-state index contributed by atoms with van der Waals surface area (Å²) < 4.78 is 312. The average Bonchev–Trinajstić information content (AvgIpc) is 0.993. The molecule has 0 atom stereocenters. The van der Waals surface area contributed by atoms with Gasteiger partial charge in [0.2, 0.25) is 16.2 Å². The predicted molar refractivity (Wildman–Crippen MR) is 498 cm³/mol. The van der Waals surface area contributed by atoms with E-state index < -0.39 is 98.3 Å². The van der Waals surface area contributed by atoms with E-state index in [0.29, 0.717) is 92.1 Å². The van der Waals surface area contributed by atoms with E-state index in [4.69, 9.17) is 4.74 Å². The lowest BCUT2D eigenvalue weighted by Gasteiger charge is -2.38. The summed E-state index contributed by atoms with van der Waals surface area (Å²) in [4.78, 5) is 0. The molecule has 4 heterocycles. The van der Waals surface area contributed by atoms with Crippen LogP contribution in [-0.2, 0) is 16.2 Å². The fourth-order valence-corrected chi connectivity index (χ4v) is 15.9. The Morgan fingerprint density at radius 3 is 0.588 bits per heavy atom. The first kappa shape index (κ1) is 110. The Balaban J connectivity index is 0.000000352. The molecular formula is C101H92Br2F20N12O. The molecule has 0 aliphatic heterocycles. The van der Waals surface area contributed by atoms with Crippen molar-refractivity contribution in [3.05, 3.63) is 368 Å². The van der Waals surface area contributed by atoms with Crippen LogP contribution in [0.2, 0.25) is 0 Å². The van der Waals surface area contributed by atoms with E-state index in [1.807, 2.05) is 47.9 Å². The fraction of sp³-hybridized carbons (Fsp3) is 0.208. The summed E-state index contributed by atoms with van der Waals surface area (Å²) in [6.45, 7) is 6.49. The lowest BCUT2D eigenvalue weighted by Crippen LogP contribution is -2.54. The second-order valence-electron chi connectivity index (χ2n) is 29.5. The van der Waals surface area contributed by atoms with Crippen LogP contribution in [0.15, 0.2) is 300 Å². The number of hydrogen-bond acceptors (Lipinski definition) is 9. The largest absolute Gasteiger partial charge is 0.457 e. The van der Waals surface area contributed by atoms with Crippen molar-refractivity contribution < 1.29 is 92.5 Å². The lowest BCUT2D eigenvalue weighted by atomic mass is 9.72. The van der Waals surface area contributed by atoms with Crippen LogP contribution in [0.5, 0.6) is 11.5 Å². The van der Waals surface area contributed by atoms with Crippen LogP contribution in [0.25, 0.3) is 91.1 Å². The minimum absolute atomic E-state index is 0. The molecule has 0 aliphatic carbocycles. The summed E-state index contributed by atoms with van der Waals surface area (Å²) in [6, 6.07) is 60.2. The van der Waals surface area contributed by atoms with Crippen LogP contribution in [0, 0.1) is 39.3 Å². The molecule has 13 nitrogen and oxygen atoms in total. The fourth-order valence-electron chi connectivity index (χ4n) is 15.4. The van der Waals surface area contributed by atoms with Crippen LogP contribution in [-0.4, -0.2) is 96.1 Å². The van der Waals surface area contributed by atoms with Gasteiger partial charge in [-0.25, -0.2) is 8.78 Å². The van der Waals surface area contributed by atoms with Gasteiger partial charge in [-0.1, -0.05) is 248 Å². The van der Waals surface area contributed by atoms with Crippen LogP contribution >= 0.6 is 31.9 Å². The summed E-state index contributed by atoms with van der Waals surface area (Å²) in [6.07, 6.45) is -35.2. The molecule has 0 saturated heterocycles. The second kappa shape index (κ2) is 41.8. The number of benzene rings is 12. The summed E-state index contributed by atoms with van der Waals surface area (Å²) in [5, 5.41) is 33.6. The molecule has 35 heteroatoms. The van der Waals surface area contributed by atoms with E-state index in [-0.39, 0.29) is 116 Å². The van der Waals surface area contributed by atoms with Gasteiger partial charge in [-0.3, -0.25) is 18.3 Å². The first-order valence-electron chi connectivity index (χ1n) is 38.2. The molecular weight excluding hydrogens is 1940 g/mol. The highest BCUT2D eigenvalue weighted by Gasteiger charge is 2.75. The van der Waals surface area contributed by atoms with Crippen LogP contribution in [0.4, 0.5) is 87.8 Å². The van der Waals surface area contributed by atoms with Crippen LogP contribution in [0.3, 0.4) is 0 Å². The van der Waals surface area contributed by atoms with Crippen molar-refractivity contribution in [1.29, 1.82) is 0 Å². The van der Waals surface area contributed by atoms with E-state index in [1.165, 1.54) is 76.7 Å². The Morgan fingerprint density at radius 2 is 0.382 bits per heavy atom. The summed E-state index contributed by atoms with van der Waals surface area (Å²) in [5.41, 5.74) is -15.6. The van der Waals surface area contributed by atoms with Crippen molar-refractivity contribution in [3.8, 4) is 103 Å². The maximum Gasteiger partial charge on any atom is 0.411 e. The van der Waals surface area contributed by atoms with Crippen molar-refractivity contribution >= 4 is 31.9 Å². The van der Waals surface area contributed by atoms with Gasteiger partial charge in [0.05, 0.1) is 0 Å². The van der Waals surface area contributed by atoms with Gasteiger partial charge in [0.1, 0.15) is 34.8 Å². The molecule has 716 valence electrons. The van der Waals surface area contributed by atoms with Crippen molar-refractivity contribution in [2.24, 2.45) is 0 Å². The number of alkyl halides is 18. The quantitative estimate of drug-likeness (QED) is 0.0770. The Morgan fingerprint density at radius 1 is 0.213 bits per heavy atom. The molecule has 0 radical (unpaired) electrons. The highest BCUT2D eigenvalue weighted by atomic mass is 79.9. The van der Waals surface area contributed by atoms with Crippen molar-refractivity contribution in [2.75, 3.05) is 0 Å². The smallest absolute Gasteiger partial charge is 0.411 e. The van der Waals surface area contributed by atoms with Crippen molar-refractivity contribution in [1.82, 2.24) is 59.1 Å². The molecule has 0 N–H and O–H groups in total. The van der Waals surface area contributed by atoms with Gasteiger partial charge in [-0.15, -0.1) is 40.8 Å². The Bertz CT molecular complexity index is 6600. The predicted octanol–water partition coefficient (Wildman–Crippen LogP) is 31.8. The Labute approximate surface area is 789 Å². The number of aromatic nitrogens is 12. The summed E-state index contributed by atoms with van der Waals surface area (Å²) >= 11 is 6.76. The number of hydrogen-bond donors (Lipinski definition) is 0. The lowest BCUT2D eigenvalue weighted by molar-refractivity contribution is -0.290. The number of nitrogens with zero attached hydrogens (tertiary/aromatic N) is 12. The molecule has 16 aromatic rings. The Kier molecular flexibility index (Phi) is 33.7. The second-order valence-corrected chi connectivity index (χ2v) is 31.3. The van der Waals surface area contributed by atoms with Crippen LogP contribution in [0.1, 0.15) is 116 Å². The summed E-state index contributed by atoms with van der Waals surface area (Å²) in [7, 11) is 0. The van der Waals surface area contributed by atoms with E-state index in [2.05, 4.69) is 72.6 Å². The zero-order valence-corrected chi connectivity index (χ0v) is 69.5. The number of aryl methyl sites for hydroxylation is 4. The molecule has 16 rings (SSSR count). The third-order valence-corrected chi connectivity index (χ3v) is 22.7. The highest BCUT2D eigenvalue weighted by molar-refractivity contribution is 9.10. The molecule has 0 unspecified atom stereocenters. The van der Waals surface area contributed by atoms with Gasteiger partial charge in [-0.2, -0.15) is 79.0 Å². The number of ether oxygens (including phenoxy) is 1. The SMILES string of the molecule is C.C.C.C.C.C.C.C.Cc1ccc(C(c2ccc(-c3nnc(-c4ccc(C(c5ccc(-c6nnc(C)n6-c6ccc(F)cc6)cc5)(C(F)(F)F)C(F)(F)F)cc4)n3-c3ccc(Br)cc3)cc2)(C(F)(F)F)C(F)(F)F)cc1.Cc1ccc(C(c2ccc(-c3nnc(-c4ccc(Oc5ccc(-c6nnc(C)n6-c6ccc(Br)cc6)cc5)cc4)n3-c3ccc(F)cc3)cc2)(C(F)(F)F)C(F)(F)F)cc1. The molecule has 4 aromatic heterocycles. The normalized spacial score (nSPS) is 11.9. The first-order chi connectivity index (χ1) is 60.5. The molecule has 0 fully saturated rings. The Hall–Kier alpha value is -13.4. The van der Waals surface area contributed by atoms with E-state index >= 15 is 26.3 Å². The van der Waals surface area contributed by atoms with Gasteiger partial charge in [-0.05, 0) is 207 Å². The van der Waals surface area contributed by atoms with Gasteiger partial charge in [0.25, 0.3) is 0 Å². The van der Waals surface area contributed by atoms with Gasteiger partial charge in [0, 0.05) is 65.1 Å². The van der Waals surface area contributed by atoms with Gasteiger partial charge < -0.3 is 4.74 Å². The van der Waals surface area contributed by atoms with Crippen molar-refractivity contribution in [2.45, 2.75) is 140 Å².